The van der Waals surface area contributed by atoms with Crippen molar-refractivity contribution >= 4 is 44.9 Å². The molecule has 0 unspecified atom stereocenters. The normalized spacial score (nSPS) is 11.7. The number of hydrogen-bond donors (Lipinski definition) is 1. The molecule has 2 heterocycles. The largest absolute Gasteiger partial charge is 0.478 e. The summed E-state index contributed by atoms with van der Waals surface area (Å²) in [4.78, 5) is 11.8. The monoisotopic (exact) mass is 298 g/mol. The predicted octanol–water partition coefficient (Wildman–Crippen LogP) is 3.73. The third kappa shape index (κ3) is 2.43. The fourth-order valence-corrected chi connectivity index (χ4v) is 2.27. The van der Waals surface area contributed by atoms with Gasteiger partial charge in [-0.2, -0.15) is 0 Å². The standard InChI is InChI=1S/C11H7BrO3S/c12-10-4-3-7(15-10)6-8(11(13)14)9-2-1-5-16-9/h1-6H,(H,13,14)/b8-6-. The average Bonchev–Trinajstić information content (AvgIpc) is 2.84. The lowest BCUT2D eigenvalue weighted by Crippen LogP contribution is -1.97. The van der Waals surface area contributed by atoms with Gasteiger partial charge in [0, 0.05) is 4.88 Å². The molecule has 0 radical (unpaired) electrons. The van der Waals surface area contributed by atoms with E-state index >= 15 is 0 Å². The highest BCUT2D eigenvalue weighted by Crippen LogP contribution is 2.24. The highest BCUT2D eigenvalue weighted by Gasteiger charge is 2.12. The van der Waals surface area contributed by atoms with Crippen LogP contribution in [0.15, 0.2) is 38.7 Å². The Morgan fingerprint density at radius 3 is 2.75 bits per heavy atom. The number of rotatable bonds is 3. The summed E-state index contributed by atoms with van der Waals surface area (Å²) in [5.41, 5.74) is 0.233. The van der Waals surface area contributed by atoms with Crippen molar-refractivity contribution in [1.29, 1.82) is 0 Å². The fraction of sp³-hybridized carbons (Fsp3) is 0. The summed E-state index contributed by atoms with van der Waals surface area (Å²) in [6.07, 6.45) is 1.51. The van der Waals surface area contributed by atoms with Gasteiger partial charge in [0.25, 0.3) is 0 Å². The van der Waals surface area contributed by atoms with Crippen LogP contribution in [-0.2, 0) is 4.79 Å². The van der Waals surface area contributed by atoms with Gasteiger partial charge in [0.2, 0.25) is 0 Å². The van der Waals surface area contributed by atoms with Crippen LogP contribution in [0.1, 0.15) is 10.6 Å². The van der Waals surface area contributed by atoms with Gasteiger partial charge in [-0.15, -0.1) is 11.3 Å². The number of furan rings is 1. The Hall–Kier alpha value is -1.33. The number of hydrogen-bond acceptors (Lipinski definition) is 3. The number of halogens is 1. The molecule has 0 aromatic carbocycles. The molecule has 2 rings (SSSR count). The molecule has 0 fully saturated rings. The van der Waals surface area contributed by atoms with Crippen molar-refractivity contribution in [3.05, 3.63) is 45.0 Å². The minimum atomic E-state index is -0.963. The molecule has 16 heavy (non-hydrogen) atoms. The minimum absolute atomic E-state index is 0.233. The molecule has 3 nitrogen and oxygen atoms in total. The first kappa shape index (κ1) is 11.2. The highest BCUT2D eigenvalue weighted by atomic mass is 79.9. The van der Waals surface area contributed by atoms with Crippen molar-refractivity contribution < 1.29 is 14.3 Å². The fourth-order valence-electron chi connectivity index (χ4n) is 1.22. The molecule has 5 heteroatoms. The van der Waals surface area contributed by atoms with Crippen LogP contribution in [0.4, 0.5) is 0 Å². The quantitative estimate of drug-likeness (QED) is 0.879. The van der Waals surface area contributed by atoms with E-state index in [1.165, 1.54) is 17.4 Å². The molecule has 0 aliphatic heterocycles. The van der Waals surface area contributed by atoms with Crippen LogP contribution in [0.25, 0.3) is 11.6 Å². The molecule has 0 atom stereocenters. The highest BCUT2D eigenvalue weighted by molar-refractivity contribution is 9.10. The second kappa shape index (κ2) is 4.67. The summed E-state index contributed by atoms with van der Waals surface area (Å²) in [6, 6.07) is 7.01. The van der Waals surface area contributed by atoms with Crippen LogP contribution < -0.4 is 0 Å². The van der Waals surface area contributed by atoms with Crippen molar-refractivity contribution in [2.24, 2.45) is 0 Å². The maximum atomic E-state index is 11.1. The van der Waals surface area contributed by atoms with E-state index in [9.17, 15) is 4.79 Å². The van der Waals surface area contributed by atoms with E-state index in [1.54, 1.807) is 18.2 Å². The molecule has 0 saturated carbocycles. The molecule has 0 aliphatic carbocycles. The zero-order chi connectivity index (χ0) is 11.5. The molecule has 0 amide bonds. The van der Waals surface area contributed by atoms with Crippen LogP contribution in [0.5, 0.6) is 0 Å². The summed E-state index contributed by atoms with van der Waals surface area (Å²) in [5, 5.41) is 10.9. The third-order valence-electron chi connectivity index (χ3n) is 1.90. The summed E-state index contributed by atoms with van der Waals surface area (Å²) < 4.78 is 5.82. The first-order valence-electron chi connectivity index (χ1n) is 4.41. The molecule has 0 bridgehead atoms. The molecule has 2 aromatic rings. The van der Waals surface area contributed by atoms with Gasteiger partial charge in [0.05, 0.1) is 5.57 Å². The number of aliphatic carboxylic acids is 1. The van der Waals surface area contributed by atoms with Gasteiger partial charge in [-0.25, -0.2) is 4.79 Å². The summed E-state index contributed by atoms with van der Waals surface area (Å²) >= 11 is 4.55. The van der Waals surface area contributed by atoms with Crippen molar-refractivity contribution in [2.75, 3.05) is 0 Å². The number of thiophene rings is 1. The zero-order valence-corrected chi connectivity index (χ0v) is 10.4. The Balaban J connectivity index is 2.41. The lowest BCUT2D eigenvalue weighted by molar-refractivity contribution is -0.130. The molecule has 0 aliphatic rings. The van der Waals surface area contributed by atoms with E-state index in [0.717, 1.165) is 0 Å². The molecule has 1 N–H and O–H groups in total. The lowest BCUT2D eigenvalue weighted by atomic mass is 10.2. The average molecular weight is 299 g/mol. The SMILES string of the molecule is O=C(O)/C(=C\c1ccc(Br)o1)c1cccs1. The van der Waals surface area contributed by atoms with Crippen molar-refractivity contribution in [3.8, 4) is 0 Å². The van der Waals surface area contributed by atoms with Crippen LogP contribution in [-0.4, -0.2) is 11.1 Å². The first-order chi connectivity index (χ1) is 7.66. The number of carboxylic acids is 1. The number of carbonyl (C=O) groups is 1. The van der Waals surface area contributed by atoms with Crippen molar-refractivity contribution in [2.45, 2.75) is 0 Å². The third-order valence-corrected chi connectivity index (χ3v) is 3.23. The van der Waals surface area contributed by atoms with E-state index in [4.69, 9.17) is 9.52 Å². The maximum Gasteiger partial charge on any atom is 0.337 e. The Bertz CT molecular complexity index is 525. The maximum absolute atomic E-state index is 11.1. The molecular formula is C11H7BrO3S. The van der Waals surface area contributed by atoms with Gasteiger partial charge < -0.3 is 9.52 Å². The van der Waals surface area contributed by atoms with Crippen LogP contribution >= 0.6 is 27.3 Å². The predicted molar refractivity (Wildman–Crippen MR) is 66.2 cm³/mol. The van der Waals surface area contributed by atoms with E-state index in [-0.39, 0.29) is 5.57 Å². The second-order valence-corrected chi connectivity index (χ2v) is 4.71. The van der Waals surface area contributed by atoms with Crippen molar-refractivity contribution in [3.63, 3.8) is 0 Å². The van der Waals surface area contributed by atoms with E-state index in [0.29, 0.717) is 15.3 Å². The molecule has 2 aromatic heterocycles. The van der Waals surface area contributed by atoms with Crippen LogP contribution in [0.3, 0.4) is 0 Å². The molecular weight excluding hydrogens is 292 g/mol. The van der Waals surface area contributed by atoms with E-state index < -0.39 is 5.97 Å². The molecule has 0 spiro atoms. The lowest BCUT2D eigenvalue weighted by Gasteiger charge is -1.96. The zero-order valence-electron chi connectivity index (χ0n) is 8.01. The van der Waals surface area contributed by atoms with Crippen LogP contribution in [0, 0.1) is 0 Å². The Labute approximate surface area is 104 Å². The Kier molecular flexibility index (Phi) is 3.26. The van der Waals surface area contributed by atoms with Gasteiger partial charge in [0.1, 0.15) is 5.76 Å². The minimum Gasteiger partial charge on any atom is -0.478 e. The number of carboxylic acid groups (broad SMARTS) is 1. The molecule has 0 saturated heterocycles. The summed E-state index contributed by atoms with van der Waals surface area (Å²) in [7, 11) is 0. The van der Waals surface area contributed by atoms with Crippen LogP contribution in [0.2, 0.25) is 0 Å². The van der Waals surface area contributed by atoms with Gasteiger partial charge >= 0.3 is 5.97 Å². The van der Waals surface area contributed by atoms with Gasteiger partial charge in [0.15, 0.2) is 4.67 Å². The van der Waals surface area contributed by atoms with Gasteiger partial charge in [-0.05, 0) is 45.6 Å². The Morgan fingerprint density at radius 2 is 2.25 bits per heavy atom. The molecule has 82 valence electrons. The summed E-state index contributed by atoms with van der Waals surface area (Å²) in [5.74, 6) is -0.451. The van der Waals surface area contributed by atoms with E-state index in [2.05, 4.69) is 15.9 Å². The topological polar surface area (TPSA) is 50.4 Å². The van der Waals surface area contributed by atoms with Crippen molar-refractivity contribution in [1.82, 2.24) is 0 Å². The first-order valence-corrected chi connectivity index (χ1v) is 6.08. The van der Waals surface area contributed by atoms with Gasteiger partial charge in [-0.3, -0.25) is 0 Å². The summed E-state index contributed by atoms with van der Waals surface area (Å²) in [6.45, 7) is 0. The smallest absolute Gasteiger partial charge is 0.337 e. The second-order valence-electron chi connectivity index (χ2n) is 2.98. The van der Waals surface area contributed by atoms with Gasteiger partial charge in [-0.1, -0.05) is 6.07 Å². The Morgan fingerprint density at radius 1 is 1.44 bits per heavy atom. The van der Waals surface area contributed by atoms with E-state index in [1.807, 2.05) is 11.4 Å².